The Bertz CT molecular complexity index is 462. The smallest absolute Gasteiger partial charge is 0.258 e. The molecular weight excluding hydrogens is 315 g/mol. The maximum atomic E-state index is 14.4. The third-order valence-electron chi connectivity index (χ3n) is 3.84. The zero-order valence-electron chi connectivity index (χ0n) is 10.4. The van der Waals surface area contributed by atoms with Crippen LogP contribution in [-0.4, -0.2) is 19.0 Å². The fourth-order valence-electron chi connectivity index (χ4n) is 2.63. The largest absolute Gasteiger partial charge is 0.316 e. The average molecular weight is 329 g/mol. The molecule has 1 fully saturated rings. The van der Waals surface area contributed by atoms with Crippen molar-refractivity contribution in [2.75, 3.05) is 13.1 Å². The topological polar surface area (TPSA) is 12.0 Å². The van der Waals surface area contributed by atoms with Crippen LogP contribution < -0.4 is 5.32 Å². The minimum atomic E-state index is -2.82. The van der Waals surface area contributed by atoms with Gasteiger partial charge in [0.15, 0.2) is 0 Å². The van der Waals surface area contributed by atoms with Crippen molar-refractivity contribution in [3.8, 4) is 0 Å². The van der Waals surface area contributed by atoms with E-state index in [4.69, 9.17) is 34.8 Å². The number of benzene rings is 1. The van der Waals surface area contributed by atoms with Gasteiger partial charge in [-0.3, -0.25) is 0 Å². The molecule has 106 valence electrons. The van der Waals surface area contributed by atoms with E-state index >= 15 is 0 Å². The SMILES string of the molecule is CCC(F)(F)C1(c2cc(Cl)c(Cl)c(Cl)c2)CCNC1. The zero-order chi connectivity index (χ0) is 14.3. The highest BCUT2D eigenvalue weighted by Crippen LogP contribution is 2.48. The van der Waals surface area contributed by atoms with Crippen LogP contribution in [0.15, 0.2) is 12.1 Å². The van der Waals surface area contributed by atoms with Gasteiger partial charge in [0, 0.05) is 13.0 Å². The molecule has 0 aromatic heterocycles. The number of rotatable bonds is 3. The van der Waals surface area contributed by atoms with Crippen molar-refractivity contribution in [1.82, 2.24) is 5.32 Å². The number of hydrogen-bond acceptors (Lipinski definition) is 1. The zero-order valence-corrected chi connectivity index (χ0v) is 12.6. The molecule has 1 unspecified atom stereocenters. The van der Waals surface area contributed by atoms with Crippen molar-refractivity contribution in [3.63, 3.8) is 0 Å². The molecule has 1 aliphatic heterocycles. The van der Waals surface area contributed by atoms with Gasteiger partial charge in [0.1, 0.15) is 0 Å². The monoisotopic (exact) mass is 327 g/mol. The molecule has 1 aromatic carbocycles. The average Bonchev–Trinajstić information content (AvgIpc) is 2.86. The maximum Gasteiger partial charge on any atom is 0.258 e. The van der Waals surface area contributed by atoms with Gasteiger partial charge in [-0.15, -0.1) is 0 Å². The molecule has 0 radical (unpaired) electrons. The summed E-state index contributed by atoms with van der Waals surface area (Å²) >= 11 is 17.8. The van der Waals surface area contributed by atoms with Crippen LogP contribution in [0.3, 0.4) is 0 Å². The Balaban J connectivity index is 2.58. The molecule has 1 nitrogen and oxygen atoms in total. The van der Waals surface area contributed by atoms with Crippen LogP contribution in [0.2, 0.25) is 15.1 Å². The van der Waals surface area contributed by atoms with Gasteiger partial charge in [-0.25, -0.2) is 8.78 Å². The van der Waals surface area contributed by atoms with Gasteiger partial charge in [0.2, 0.25) is 0 Å². The lowest BCUT2D eigenvalue weighted by Gasteiger charge is -2.37. The normalized spacial score (nSPS) is 23.9. The molecule has 0 aliphatic carbocycles. The molecule has 1 atom stereocenters. The van der Waals surface area contributed by atoms with Gasteiger partial charge in [-0.1, -0.05) is 41.7 Å². The first-order valence-corrected chi connectivity index (χ1v) is 7.21. The second kappa shape index (κ2) is 5.36. The van der Waals surface area contributed by atoms with Crippen molar-refractivity contribution in [2.24, 2.45) is 0 Å². The molecule has 1 heterocycles. The number of halogens is 5. The van der Waals surface area contributed by atoms with E-state index in [9.17, 15) is 8.78 Å². The summed E-state index contributed by atoms with van der Waals surface area (Å²) in [4.78, 5) is 0. The van der Waals surface area contributed by atoms with Crippen LogP contribution in [0.5, 0.6) is 0 Å². The minimum absolute atomic E-state index is 0.202. The molecule has 0 saturated carbocycles. The Morgan fingerprint density at radius 3 is 2.26 bits per heavy atom. The predicted octanol–water partition coefficient (Wildman–Crippen LogP) is 4.92. The highest BCUT2D eigenvalue weighted by Gasteiger charge is 2.54. The van der Waals surface area contributed by atoms with Crippen molar-refractivity contribution in [1.29, 1.82) is 0 Å². The molecular formula is C13H14Cl3F2N. The van der Waals surface area contributed by atoms with Crippen LogP contribution in [0.4, 0.5) is 8.78 Å². The van der Waals surface area contributed by atoms with E-state index in [-0.39, 0.29) is 28.0 Å². The van der Waals surface area contributed by atoms with Gasteiger partial charge < -0.3 is 5.32 Å². The minimum Gasteiger partial charge on any atom is -0.316 e. The third kappa shape index (κ3) is 2.46. The molecule has 1 N–H and O–H groups in total. The standard InChI is InChI=1S/C13H14Cl3F2N/c1-2-13(17,18)12(3-4-19-7-12)8-5-9(14)11(16)10(15)6-8/h5-6,19H,2-4,7H2,1H3. The summed E-state index contributed by atoms with van der Waals surface area (Å²) in [6, 6.07) is 3.01. The first kappa shape index (κ1) is 15.3. The summed E-state index contributed by atoms with van der Waals surface area (Å²) in [5.41, 5.74) is -0.816. The summed E-state index contributed by atoms with van der Waals surface area (Å²) in [6.07, 6.45) is 0.120. The van der Waals surface area contributed by atoms with Crippen molar-refractivity contribution < 1.29 is 8.78 Å². The third-order valence-corrected chi connectivity index (χ3v) is 5.03. The van der Waals surface area contributed by atoms with Crippen LogP contribution in [0, 0.1) is 0 Å². The highest BCUT2D eigenvalue weighted by atomic mass is 35.5. The van der Waals surface area contributed by atoms with Gasteiger partial charge >= 0.3 is 0 Å². The molecule has 19 heavy (non-hydrogen) atoms. The fourth-order valence-corrected chi connectivity index (χ4v) is 3.23. The van der Waals surface area contributed by atoms with Crippen LogP contribution >= 0.6 is 34.8 Å². The lowest BCUT2D eigenvalue weighted by atomic mass is 9.73. The molecule has 0 amide bonds. The Kier molecular flexibility index (Phi) is 4.32. The number of hydrogen-bond donors (Lipinski definition) is 1. The maximum absolute atomic E-state index is 14.4. The Hall–Kier alpha value is -0.0900. The van der Waals surface area contributed by atoms with Gasteiger partial charge in [0.25, 0.3) is 5.92 Å². The first-order valence-electron chi connectivity index (χ1n) is 6.07. The summed E-state index contributed by atoms with van der Waals surface area (Å²) in [5.74, 6) is -2.82. The van der Waals surface area contributed by atoms with Crippen molar-refractivity contribution in [2.45, 2.75) is 31.1 Å². The van der Waals surface area contributed by atoms with E-state index < -0.39 is 11.3 Å². The quantitative estimate of drug-likeness (QED) is 0.776. The lowest BCUT2D eigenvalue weighted by Crippen LogP contribution is -2.46. The summed E-state index contributed by atoms with van der Waals surface area (Å²) in [6.45, 7) is 2.24. The summed E-state index contributed by atoms with van der Waals surface area (Å²) < 4.78 is 28.8. The first-order chi connectivity index (χ1) is 8.84. The van der Waals surface area contributed by atoms with Gasteiger partial charge in [0.05, 0.1) is 20.5 Å². The van der Waals surface area contributed by atoms with Gasteiger partial charge in [-0.05, 0) is 30.7 Å². The fraction of sp³-hybridized carbons (Fsp3) is 0.538. The number of nitrogens with one attached hydrogen (secondary N) is 1. The molecule has 6 heteroatoms. The highest BCUT2D eigenvalue weighted by molar-refractivity contribution is 6.48. The molecule has 1 aromatic rings. The molecule has 2 rings (SSSR count). The van der Waals surface area contributed by atoms with E-state index in [1.54, 1.807) is 0 Å². The predicted molar refractivity (Wildman–Crippen MR) is 75.9 cm³/mol. The van der Waals surface area contributed by atoms with E-state index in [2.05, 4.69) is 5.32 Å². The summed E-state index contributed by atoms with van der Waals surface area (Å²) in [5, 5.41) is 3.63. The summed E-state index contributed by atoms with van der Waals surface area (Å²) in [7, 11) is 0. The van der Waals surface area contributed by atoms with Crippen LogP contribution in [-0.2, 0) is 5.41 Å². The van der Waals surface area contributed by atoms with E-state index in [1.807, 2.05) is 0 Å². The van der Waals surface area contributed by atoms with E-state index in [1.165, 1.54) is 19.1 Å². The van der Waals surface area contributed by atoms with Crippen LogP contribution in [0.1, 0.15) is 25.3 Å². The van der Waals surface area contributed by atoms with Gasteiger partial charge in [-0.2, -0.15) is 0 Å². The van der Waals surface area contributed by atoms with Crippen molar-refractivity contribution >= 4 is 34.8 Å². The van der Waals surface area contributed by atoms with Crippen LogP contribution in [0.25, 0.3) is 0 Å². The molecule has 1 aliphatic rings. The molecule has 0 spiro atoms. The Morgan fingerprint density at radius 1 is 1.26 bits per heavy atom. The van der Waals surface area contributed by atoms with Crippen molar-refractivity contribution in [3.05, 3.63) is 32.8 Å². The second-order valence-corrected chi connectivity index (χ2v) is 6.01. The molecule has 1 saturated heterocycles. The Morgan fingerprint density at radius 2 is 1.84 bits per heavy atom. The van der Waals surface area contributed by atoms with E-state index in [0.717, 1.165) is 0 Å². The second-order valence-electron chi connectivity index (χ2n) is 4.82. The number of alkyl halides is 2. The molecule has 0 bridgehead atoms. The Labute approximate surface area is 126 Å². The lowest BCUT2D eigenvalue weighted by molar-refractivity contribution is -0.0750. The van der Waals surface area contributed by atoms with E-state index in [0.29, 0.717) is 18.5 Å².